The Morgan fingerprint density at radius 3 is 2.44 bits per heavy atom. The maximum Gasteiger partial charge on any atom is 0.281 e. The van der Waals surface area contributed by atoms with E-state index in [1.54, 1.807) is 6.07 Å². The Balaban J connectivity index is 2.79. The molecule has 90 valence electrons. The topological polar surface area (TPSA) is 9.23 Å². The van der Waals surface area contributed by atoms with Crippen molar-refractivity contribution in [1.29, 1.82) is 0 Å². The molecule has 0 radical (unpaired) electrons. The van der Waals surface area contributed by atoms with Crippen molar-refractivity contribution in [3.05, 3.63) is 27.7 Å². The highest BCUT2D eigenvalue weighted by Gasteiger charge is 2.27. The third-order valence-electron chi connectivity index (χ3n) is 2.41. The van der Waals surface area contributed by atoms with Crippen LogP contribution in [0.3, 0.4) is 0 Å². The molecule has 0 unspecified atom stereocenters. The second-order valence-electron chi connectivity index (χ2n) is 3.87. The Morgan fingerprint density at radius 2 is 1.88 bits per heavy atom. The molecule has 0 aliphatic heterocycles. The van der Waals surface area contributed by atoms with Crippen molar-refractivity contribution in [1.82, 2.24) is 0 Å². The fourth-order valence-corrected chi connectivity index (χ4v) is 1.65. The van der Waals surface area contributed by atoms with E-state index < -0.39 is 12.5 Å². The number of rotatable bonds is 4. The molecule has 0 fully saturated rings. The summed E-state index contributed by atoms with van der Waals surface area (Å²) in [5.74, 6) is -2.23. The Kier molecular flexibility index (Phi) is 4.30. The maximum absolute atomic E-state index is 13.0. The first-order valence-electron chi connectivity index (χ1n) is 5.13. The number of halogens is 3. The molecule has 0 heterocycles. The van der Waals surface area contributed by atoms with Gasteiger partial charge in [0.15, 0.2) is 6.61 Å². The summed E-state index contributed by atoms with van der Waals surface area (Å²) in [5.41, 5.74) is 1.82. The highest BCUT2D eigenvalue weighted by atomic mass is 79.9. The minimum atomic E-state index is -2.76. The van der Waals surface area contributed by atoms with E-state index >= 15 is 0 Å². The van der Waals surface area contributed by atoms with Gasteiger partial charge in [-0.25, -0.2) is 8.78 Å². The number of aryl methyl sites for hydroxylation is 2. The molecular formula is C12H15BrF2O. The number of benzene rings is 1. The van der Waals surface area contributed by atoms with Gasteiger partial charge in [-0.1, -0.05) is 22.9 Å². The zero-order chi connectivity index (χ0) is 12.3. The molecule has 1 nitrogen and oxygen atoms in total. The lowest BCUT2D eigenvalue weighted by molar-refractivity contribution is -0.0437. The average molecular weight is 293 g/mol. The molecule has 0 bridgehead atoms. The summed E-state index contributed by atoms with van der Waals surface area (Å²) in [4.78, 5) is 0. The van der Waals surface area contributed by atoms with Crippen LogP contribution in [0.5, 0.6) is 5.75 Å². The van der Waals surface area contributed by atoms with E-state index in [0.717, 1.165) is 15.6 Å². The number of ether oxygens (including phenoxy) is 1. The monoisotopic (exact) mass is 292 g/mol. The van der Waals surface area contributed by atoms with Crippen molar-refractivity contribution in [2.45, 2.75) is 33.1 Å². The van der Waals surface area contributed by atoms with E-state index in [9.17, 15) is 8.78 Å². The smallest absolute Gasteiger partial charge is 0.281 e. The minimum Gasteiger partial charge on any atom is -0.487 e. The van der Waals surface area contributed by atoms with E-state index in [4.69, 9.17) is 4.74 Å². The molecule has 1 aromatic rings. The van der Waals surface area contributed by atoms with Gasteiger partial charge in [-0.05, 0) is 37.1 Å². The molecule has 0 aliphatic rings. The lowest BCUT2D eigenvalue weighted by Crippen LogP contribution is -2.24. The van der Waals surface area contributed by atoms with Gasteiger partial charge >= 0.3 is 0 Å². The Bertz CT molecular complexity index is 378. The third-order valence-corrected chi connectivity index (χ3v) is 3.27. The Morgan fingerprint density at radius 1 is 1.25 bits per heavy atom. The molecule has 0 aliphatic carbocycles. The predicted octanol–water partition coefficient (Wildman–Crippen LogP) is 4.49. The summed E-state index contributed by atoms with van der Waals surface area (Å²) < 4.78 is 32.1. The fraction of sp³-hybridized carbons (Fsp3) is 0.500. The van der Waals surface area contributed by atoms with Crippen LogP contribution < -0.4 is 4.74 Å². The molecule has 16 heavy (non-hydrogen) atoms. The molecule has 4 heteroatoms. The first-order valence-corrected chi connectivity index (χ1v) is 5.92. The second-order valence-corrected chi connectivity index (χ2v) is 4.72. The summed E-state index contributed by atoms with van der Waals surface area (Å²) in [6.07, 6.45) is -0.207. The van der Waals surface area contributed by atoms with Crippen LogP contribution >= 0.6 is 15.9 Å². The van der Waals surface area contributed by atoms with Gasteiger partial charge in [0.1, 0.15) is 5.75 Å². The molecule has 0 amide bonds. The molecule has 1 rings (SSSR count). The van der Waals surface area contributed by atoms with E-state index in [0.29, 0.717) is 5.75 Å². The summed E-state index contributed by atoms with van der Waals surface area (Å²) >= 11 is 3.38. The Labute approximate surface area is 103 Å². The van der Waals surface area contributed by atoms with Crippen molar-refractivity contribution in [3.63, 3.8) is 0 Å². The third kappa shape index (κ3) is 3.44. The molecule has 0 spiro atoms. The quantitative estimate of drug-likeness (QED) is 0.794. The minimum absolute atomic E-state index is 0.207. The summed E-state index contributed by atoms with van der Waals surface area (Å²) in [6, 6.07) is 3.64. The highest BCUT2D eigenvalue weighted by Crippen LogP contribution is 2.28. The highest BCUT2D eigenvalue weighted by molar-refractivity contribution is 9.10. The largest absolute Gasteiger partial charge is 0.487 e. The van der Waals surface area contributed by atoms with Crippen molar-refractivity contribution in [3.8, 4) is 5.75 Å². The van der Waals surface area contributed by atoms with Crippen molar-refractivity contribution >= 4 is 15.9 Å². The molecule has 0 N–H and O–H groups in total. The second kappa shape index (κ2) is 5.13. The standard InChI is InChI=1S/C12H15BrF2O/c1-4-12(14,15)7-16-11-6-8(2)10(13)5-9(11)3/h5-6H,4,7H2,1-3H3. The SMILES string of the molecule is CCC(F)(F)COc1cc(C)c(Br)cc1C. The first-order chi connectivity index (χ1) is 7.35. The summed E-state index contributed by atoms with van der Waals surface area (Å²) in [7, 11) is 0. The zero-order valence-electron chi connectivity index (χ0n) is 9.61. The van der Waals surface area contributed by atoms with Crippen LogP contribution in [-0.4, -0.2) is 12.5 Å². The molecular weight excluding hydrogens is 278 g/mol. The Hall–Kier alpha value is -0.640. The van der Waals surface area contributed by atoms with E-state index in [2.05, 4.69) is 15.9 Å². The summed E-state index contributed by atoms with van der Waals surface area (Å²) in [5, 5.41) is 0. The molecule has 1 aromatic carbocycles. The van der Waals surface area contributed by atoms with Gasteiger partial charge in [-0.3, -0.25) is 0 Å². The molecule has 0 aromatic heterocycles. The van der Waals surface area contributed by atoms with Crippen molar-refractivity contribution < 1.29 is 13.5 Å². The van der Waals surface area contributed by atoms with Gasteiger partial charge in [0.25, 0.3) is 5.92 Å². The van der Waals surface area contributed by atoms with Crippen molar-refractivity contribution in [2.24, 2.45) is 0 Å². The number of hydrogen-bond donors (Lipinski definition) is 0. The summed E-state index contributed by atoms with van der Waals surface area (Å²) in [6.45, 7) is 4.62. The first kappa shape index (κ1) is 13.4. The van der Waals surface area contributed by atoms with Crippen LogP contribution in [0.15, 0.2) is 16.6 Å². The fourth-order valence-electron chi connectivity index (χ4n) is 1.20. The maximum atomic E-state index is 13.0. The van der Waals surface area contributed by atoms with Crippen LogP contribution in [0, 0.1) is 13.8 Å². The van der Waals surface area contributed by atoms with E-state index in [-0.39, 0.29) is 6.42 Å². The van der Waals surface area contributed by atoms with Crippen LogP contribution in [0.2, 0.25) is 0 Å². The van der Waals surface area contributed by atoms with Gasteiger partial charge in [0.2, 0.25) is 0 Å². The number of hydrogen-bond acceptors (Lipinski definition) is 1. The van der Waals surface area contributed by atoms with Gasteiger partial charge in [0, 0.05) is 10.9 Å². The number of alkyl halides is 2. The predicted molar refractivity (Wildman–Crippen MR) is 64.3 cm³/mol. The lowest BCUT2D eigenvalue weighted by atomic mass is 10.1. The van der Waals surface area contributed by atoms with Gasteiger partial charge < -0.3 is 4.74 Å². The van der Waals surface area contributed by atoms with Crippen LogP contribution in [0.25, 0.3) is 0 Å². The van der Waals surface area contributed by atoms with Crippen LogP contribution in [0.1, 0.15) is 24.5 Å². The van der Waals surface area contributed by atoms with Crippen LogP contribution in [0.4, 0.5) is 8.78 Å². The van der Waals surface area contributed by atoms with Gasteiger partial charge in [-0.15, -0.1) is 0 Å². The van der Waals surface area contributed by atoms with Crippen molar-refractivity contribution in [2.75, 3.05) is 6.61 Å². The molecule has 0 atom stereocenters. The molecule has 0 saturated carbocycles. The van der Waals surface area contributed by atoms with Gasteiger partial charge in [0.05, 0.1) is 0 Å². The van der Waals surface area contributed by atoms with Crippen LogP contribution in [-0.2, 0) is 0 Å². The lowest BCUT2D eigenvalue weighted by Gasteiger charge is -2.17. The van der Waals surface area contributed by atoms with E-state index in [1.165, 1.54) is 6.92 Å². The van der Waals surface area contributed by atoms with Gasteiger partial charge in [-0.2, -0.15) is 0 Å². The average Bonchev–Trinajstić information content (AvgIpc) is 2.22. The van der Waals surface area contributed by atoms with E-state index in [1.807, 2.05) is 19.9 Å². The molecule has 0 saturated heterocycles. The normalized spacial score (nSPS) is 11.6. The zero-order valence-corrected chi connectivity index (χ0v) is 11.2.